The van der Waals surface area contributed by atoms with Gasteiger partial charge in [0.1, 0.15) is 5.78 Å². The molecule has 2 aromatic rings. The number of aromatic amines is 1. The molecule has 29 heavy (non-hydrogen) atoms. The molecule has 1 atom stereocenters. The number of nitrogens with two attached hydrogens (primary N) is 1. The number of anilines is 1. The third kappa shape index (κ3) is 6.55. The Morgan fingerprint density at radius 2 is 1.83 bits per heavy atom. The van der Waals surface area contributed by atoms with Crippen LogP contribution in [-0.2, 0) is 27.2 Å². The molecule has 0 aliphatic carbocycles. The first-order valence-electron chi connectivity index (χ1n) is 9.75. The number of amides is 2. The molecule has 1 heterocycles. The zero-order chi connectivity index (χ0) is 21.6. The topological polar surface area (TPSA) is 109 Å². The number of Topliss-reactive ketones (excluding diaryl/α,β-unsaturated/α-hetero) is 1. The van der Waals surface area contributed by atoms with Gasteiger partial charge in [-0.15, -0.1) is 0 Å². The van der Waals surface area contributed by atoms with Crippen molar-refractivity contribution in [2.45, 2.75) is 46.5 Å². The first-order chi connectivity index (χ1) is 13.6. The third-order valence-corrected chi connectivity index (χ3v) is 4.85. The highest BCUT2D eigenvalue weighted by Crippen LogP contribution is 2.24. The van der Waals surface area contributed by atoms with Crippen LogP contribution in [0.4, 0.5) is 5.95 Å². The molecular weight excluding hydrogens is 368 g/mol. The van der Waals surface area contributed by atoms with Crippen LogP contribution in [-0.4, -0.2) is 34.6 Å². The number of hydrogen-bond donors (Lipinski definition) is 2. The highest BCUT2D eigenvalue weighted by atomic mass is 16.2. The Balaban J connectivity index is 2.18. The van der Waals surface area contributed by atoms with Crippen LogP contribution in [0.1, 0.15) is 44.9 Å². The van der Waals surface area contributed by atoms with E-state index in [9.17, 15) is 14.4 Å². The van der Waals surface area contributed by atoms with Gasteiger partial charge in [0.2, 0.25) is 17.8 Å². The Bertz CT molecular complexity index is 852. The van der Waals surface area contributed by atoms with Gasteiger partial charge in [0.15, 0.2) is 0 Å². The van der Waals surface area contributed by atoms with E-state index in [0.29, 0.717) is 18.8 Å². The Labute approximate surface area is 171 Å². The number of imidazole rings is 1. The molecule has 0 bridgehead atoms. The van der Waals surface area contributed by atoms with Crippen molar-refractivity contribution in [2.24, 2.45) is 17.1 Å². The van der Waals surface area contributed by atoms with E-state index in [1.54, 1.807) is 13.2 Å². The number of rotatable bonds is 9. The molecule has 2 rings (SSSR count). The van der Waals surface area contributed by atoms with Crippen molar-refractivity contribution in [2.75, 3.05) is 11.9 Å². The highest BCUT2D eigenvalue weighted by molar-refractivity contribution is 5.96. The summed E-state index contributed by atoms with van der Waals surface area (Å²) in [6.45, 7) is 5.59. The lowest BCUT2D eigenvalue weighted by molar-refractivity contribution is -0.131. The molecule has 156 valence electrons. The number of benzene rings is 1. The average molecular weight is 399 g/mol. The molecule has 3 N–H and O–H groups in total. The molecule has 7 heteroatoms. The van der Waals surface area contributed by atoms with Crippen molar-refractivity contribution in [1.82, 2.24) is 9.97 Å². The van der Waals surface area contributed by atoms with Gasteiger partial charge in [-0.3, -0.25) is 19.3 Å². The summed E-state index contributed by atoms with van der Waals surface area (Å²) in [6, 6.07) is 9.67. The largest absolute Gasteiger partial charge is 0.370 e. The van der Waals surface area contributed by atoms with E-state index < -0.39 is 17.2 Å². The fraction of sp³-hybridized carbons (Fsp3) is 0.455. The summed E-state index contributed by atoms with van der Waals surface area (Å²) in [4.78, 5) is 45.6. The number of primary amides is 1. The van der Waals surface area contributed by atoms with E-state index >= 15 is 0 Å². The summed E-state index contributed by atoms with van der Waals surface area (Å²) >= 11 is 0. The first kappa shape index (κ1) is 22.3. The number of hydrogen-bond acceptors (Lipinski definition) is 4. The second-order valence-electron chi connectivity index (χ2n) is 8.36. The number of carbonyl (C=O) groups is 3. The van der Waals surface area contributed by atoms with Gasteiger partial charge in [-0.2, -0.15) is 0 Å². The summed E-state index contributed by atoms with van der Waals surface area (Å²) in [5, 5.41) is 0. The van der Waals surface area contributed by atoms with Gasteiger partial charge in [0.25, 0.3) is 0 Å². The van der Waals surface area contributed by atoms with Gasteiger partial charge in [-0.1, -0.05) is 51.1 Å². The molecule has 1 aromatic carbocycles. The number of ketones is 1. The van der Waals surface area contributed by atoms with E-state index in [0.717, 1.165) is 11.3 Å². The second-order valence-corrected chi connectivity index (χ2v) is 8.36. The summed E-state index contributed by atoms with van der Waals surface area (Å²) in [6.07, 6.45) is 2.86. The van der Waals surface area contributed by atoms with Crippen molar-refractivity contribution in [1.29, 1.82) is 0 Å². The Kier molecular flexibility index (Phi) is 7.31. The van der Waals surface area contributed by atoms with Crippen molar-refractivity contribution in [3.63, 3.8) is 0 Å². The van der Waals surface area contributed by atoms with Crippen LogP contribution in [0.3, 0.4) is 0 Å². The van der Waals surface area contributed by atoms with Gasteiger partial charge >= 0.3 is 0 Å². The fourth-order valence-corrected chi connectivity index (χ4v) is 2.96. The molecule has 0 aliphatic heterocycles. The molecule has 0 aliphatic rings. The predicted molar refractivity (Wildman–Crippen MR) is 112 cm³/mol. The van der Waals surface area contributed by atoms with E-state index in [-0.39, 0.29) is 24.5 Å². The SMILES string of the molecule is CN(C(=O)C(CC(=O)C(C)(C)C)Cc1ccccc1)c1ncc(CCC(N)=O)[nH]1. The van der Waals surface area contributed by atoms with Gasteiger partial charge in [0.05, 0.1) is 6.20 Å². The monoisotopic (exact) mass is 398 g/mol. The number of carbonyl (C=O) groups excluding carboxylic acids is 3. The average Bonchev–Trinajstić information content (AvgIpc) is 3.13. The zero-order valence-corrected chi connectivity index (χ0v) is 17.6. The standard InChI is InChI=1S/C22H30N4O3/c1-22(2,3)18(27)13-16(12-15-8-6-5-7-9-15)20(29)26(4)21-24-14-17(25-21)10-11-19(23)28/h5-9,14,16H,10-13H2,1-4H3,(H2,23,28)(H,24,25). The van der Waals surface area contributed by atoms with Crippen LogP contribution in [0.25, 0.3) is 0 Å². The van der Waals surface area contributed by atoms with Crippen LogP contribution in [0.15, 0.2) is 36.5 Å². The summed E-state index contributed by atoms with van der Waals surface area (Å²) in [5.41, 5.74) is 6.39. The molecule has 7 nitrogen and oxygen atoms in total. The lowest BCUT2D eigenvalue weighted by Crippen LogP contribution is -2.37. The van der Waals surface area contributed by atoms with Crippen LogP contribution < -0.4 is 10.6 Å². The zero-order valence-electron chi connectivity index (χ0n) is 17.6. The minimum atomic E-state index is -0.513. The van der Waals surface area contributed by atoms with Crippen molar-refractivity contribution < 1.29 is 14.4 Å². The molecule has 1 aromatic heterocycles. The van der Waals surface area contributed by atoms with Crippen LogP contribution in [0.2, 0.25) is 0 Å². The van der Waals surface area contributed by atoms with Gasteiger partial charge in [-0.05, 0) is 18.4 Å². The number of aromatic nitrogens is 2. The quantitative estimate of drug-likeness (QED) is 0.677. The van der Waals surface area contributed by atoms with E-state index in [1.807, 2.05) is 51.1 Å². The van der Waals surface area contributed by atoms with Crippen LogP contribution in [0.5, 0.6) is 0 Å². The summed E-state index contributed by atoms with van der Waals surface area (Å²) in [7, 11) is 1.64. The van der Waals surface area contributed by atoms with E-state index in [4.69, 9.17) is 5.73 Å². The van der Waals surface area contributed by atoms with Crippen molar-refractivity contribution in [3.8, 4) is 0 Å². The maximum absolute atomic E-state index is 13.2. The van der Waals surface area contributed by atoms with Crippen molar-refractivity contribution in [3.05, 3.63) is 47.8 Å². The normalized spacial score (nSPS) is 12.4. The molecule has 0 saturated carbocycles. The number of aryl methyl sites for hydroxylation is 1. The number of H-pyrrole nitrogens is 1. The third-order valence-electron chi connectivity index (χ3n) is 4.85. The molecule has 0 saturated heterocycles. The van der Waals surface area contributed by atoms with E-state index in [2.05, 4.69) is 9.97 Å². The second kappa shape index (κ2) is 9.49. The minimum absolute atomic E-state index is 0.0433. The lowest BCUT2D eigenvalue weighted by atomic mass is 9.83. The molecular formula is C22H30N4O3. The first-order valence-corrected chi connectivity index (χ1v) is 9.75. The Hall–Kier alpha value is -2.96. The van der Waals surface area contributed by atoms with Gasteiger partial charge in [0, 0.05) is 36.9 Å². The van der Waals surface area contributed by atoms with Crippen LogP contribution >= 0.6 is 0 Å². The molecule has 2 amide bonds. The molecule has 0 radical (unpaired) electrons. The lowest BCUT2D eigenvalue weighted by Gasteiger charge is -2.25. The maximum Gasteiger partial charge on any atom is 0.232 e. The van der Waals surface area contributed by atoms with E-state index in [1.165, 1.54) is 4.90 Å². The number of nitrogens with one attached hydrogen (secondary N) is 1. The minimum Gasteiger partial charge on any atom is -0.370 e. The molecule has 0 spiro atoms. The molecule has 1 unspecified atom stereocenters. The van der Waals surface area contributed by atoms with Crippen molar-refractivity contribution >= 4 is 23.5 Å². The predicted octanol–water partition coefficient (Wildman–Crippen LogP) is 2.65. The van der Waals surface area contributed by atoms with Gasteiger partial charge < -0.3 is 10.7 Å². The summed E-state index contributed by atoms with van der Waals surface area (Å²) in [5.74, 6) is -0.637. The maximum atomic E-state index is 13.2. The Morgan fingerprint density at radius 3 is 2.41 bits per heavy atom. The summed E-state index contributed by atoms with van der Waals surface area (Å²) < 4.78 is 0. The molecule has 0 fully saturated rings. The smallest absolute Gasteiger partial charge is 0.232 e. The van der Waals surface area contributed by atoms with Crippen LogP contribution in [0, 0.1) is 11.3 Å². The number of nitrogens with zero attached hydrogens (tertiary/aromatic N) is 2. The Morgan fingerprint density at radius 1 is 1.17 bits per heavy atom. The van der Waals surface area contributed by atoms with Gasteiger partial charge in [-0.25, -0.2) is 4.98 Å². The highest BCUT2D eigenvalue weighted by Gasteiger charge is 2.31. The fourth-order valence-electron chi connectivity index (χ4n) is 2.96.